The van der Waals surface area contributed by atoms with Gasteiger partial charge < -0.3 is 14.8 Å². The predicted octanol–water partition coefficient (Wildman–Crippen LogP) is 3.69. The van der Waals surface area contributed by atoms with Gasteiger partial charge in [0.15, 0.2) is 0 Å². The fourth-order valence-electron chi connectivity index (χ4n) is 2.24. The molecule has 2 aromatic rings. The third kappa shape index (κ3) is 6.19. The SMILES string of the molecule is COc1cccc(OCCCCNCCc2ccccc2)c1. The lowest BCUT2D eigenvalue weighted by atomic mass is 10.1. The maximum absolute atomic E-state index is 5.72. The fourth-order valence-corrected chi connectivity index (χ4v) is 2.24. The van der Waals surface area contributed by atoms with Crippen molar-refractivity contribution in [1.29, 1.82) is 0 Å². The Bertz CT molecular complexity index is 528. The molecule has 0 aliphatic rings. The van der Waals surface area contributed by atoms with Crippen molar-refractivity contribution in [3.05, 3.63) is 60.2 Å². The molecule has 0 radical (unpaired) electrons. The normalized spacial score (nSPS) is 10.4. The Kier molecular flexibility index (Phi) is 7.33. The average Bonchev–Trinajstić information content (AvgIpc) is 2.58. The first kappa shape index (κ1) is 16.4. The largest absolute Gasteiger partial charge is 0.497 e. The van der Waals surface area contributed by atoms with E-state index in [1.807, 2.05) is 24.3 Å². The Morgan fingerprint density at radius 3 is 2.50 bits per heavy atom. The number of methoxy groups -OCH3 is 1. The van der Waals surface area contributed by atoms with E-state index in [1.54, 1.807) is 7.11 Å². The number of hydrogen-bond donors (Lipinski definition) is 1. The number of ether oxygens (including phenoxy) is 2. The molecule has 22 heavy (non-hydrogen) atoms. The second kappa shape index (κ2) is 9.85. The summed E-state index contributed by atoms with van der Waals surface area (Å²) < 4.78 is 10.9. The van der Waals surface area contributed by atoms with Crippen LogP contribution in [0.5, 0.6) is 11.5 Å². The van der Waals surface area contributed by atoms with Crippen molar-refractivity contribution in [1.82, 2.24) is 5.32 Å². The molecule has 0 bridgehead atoms. The average molecular weight is 299 g/mol. The van der Waals surface area contributed by atoms with E-state index in [-0.39, 0.29) is 0 Å². The summed E-state index contributed by atoms with van der Waals surface area (Å²) in [6, 6.07) is 18.3. The van der Waals surface area contributed by atoms with E-state index in [4.69, 9.17) is 9.47 Å². The van der Waals surface area contributed by atoms with Crippen LogP contribution in [0.15, 0.2) is 54.6 Å². The minimum Gasteiger partial charge on any atom is -0.497 e. The molecule has 118 valence electrons. The summed E-state index contributed by atoms with van der Waals surface area (Å²) in [5.74, 6) is 1.71. The molecule has 0 amide bonds. The van der Waals surface area contributed by atoms with Crippen LogP contribution in [0.4, 0.5) is 0 Å². The van der Waals surface area contributed by atoms with Gasteiger partial charge in [-0.15, -0.1) is 0 Å². The van der Waals surface area contributed by atoms with Gasteiger partial charge in [-0.1, -0.05) is 36.4 Å². The molecule has 3 heteroatoms. The number of benzene rings is 2. The molecule has 0 saturated heterocycles. The summed E-state index contributed by atoms with van der Waals surface area (Å²) in [5, 5.41) is 3.48. The van der Waals surface area contributed by atoms with Crippen molar-refractivity contribution in [3.8, 4) is 11.5 Å². The second-order valence-electron chi connectivity index (χ2n) is 5.22. The summed E-state index contributed by atoms with van der Waals surface area (Å²) >= 11 is 0. The topological polar surface area (TPSA) is 30.5 Å². The van der Waals surface area contributed by atoms with Gasteiger partial charge in [-0.2, -0.15) is 0 Å². The van der Waals surface area contributed by atoms with Crippen LogP contribution in [0, 0.1) is 0 Å². The zero-order valence-electron chi connectivity index (χ0n) is 13.3. The fraction of sp³-hybridized carbons (Fsp3) is 0.368. The van der Waals surface area contributed by atoms with Crippen molar-refractivity contribution in [2.75, 3.05) is 26.8 Å². The van der Waals surface area contributed by atoms with Crippen LogP contribution in [0.25, 0.3) is 0 Å². The van der Waals surface area contributed by atoms with E-state index < -0.39 is 0 Å². The molecule has 0 heterocycles. The molecule has 0 aliphatic heterocycles. The van der Waals surface area contributed by atoms with Crippen LogP contribution in [0.3, 0.4) is 0 Å². The van der Waals surface area contributed by atoms with Crippen LogP contribution in [-0.2, 0) is 6.42 Å². The summed E-state index contributed by atoms with van der Waals surface area (Å²) in [4.78, 5) is 0. The Morgan fingerprint density at radius 2 is 1.68 bits per heavy atom. The minimum absolute atomic E-state index is 0.744. The predicted molar refractivity (Wildman–Crippen MR) is 90.7 cm³/mol. The molecule has 0 aromatic heterocycles. The van der Waals surface area contributed by atoms with Gasteiger partial charge in [-0.05, 0) is 50.0 Å². The molecule has 2 aromatic carbocycles. The van der Waals surface area contributed by atoms with Gasteiger partial charge in [0, 0.05) is 6.07 Å². The molecular formula is C19H25NO2. The van der Waals surface area contributed by atoms with Gasteiger partial charge in [-0.25, -0.2) is 0 Å². The van der Waals surface area contributed by atoms with Crippen molar-refractivity contribution in [2.45, 2.75) is 19.3 Å². The zero-order valence-corrected chi connectivity index (χ0v) is 13.3. The smallest absolute Gasteiger partial charge is 0.122 e. The van der Waals surface area contributed by atoms with E-state index in [0.717, 1.165) is 50.5 Å². The molecule has 0 spiro atoms. The number of unbranched alkanes of at least 4 members (excludes halogenated alkanes) is 1. The maximum atomic E-state index is 5.72. The minimum atomic E-state index is 0.744. The van der Waals surface area contributed by atoms with Crippen molar-refractivity contribution >= 4 is 0 Å². The van der Waals surface area contributed by atoms with Crippen molar-refractivity contribution < 1.29 is 9.47 Å². The van der Waals surface area contributed by atoms with Gasteiger partial charge in [0.2, 0.25) is 0 Å². The summed E-state index contributed by atoms with van der Waals surface area (Å²) in [5.41, 5.74) is 1.39. The zero-order chi connectivity index (χ0) is 15.5. The molecule has 0 saturated carbocycles. The van der Waals surface area contributed by atoms with Crippen LogP contribution in [-0.4, -0.2) is 26.8 Å². The third-order valence-corrected chi connectivity index (χ3v) is 3.49. The van der Waals surface area contributed by atoms with Gasteiger partial charge in [-0.3, -0.25) is 0 Å². The van der Waals surface area contributed by atoms with Crippen LogP contribution in [0.2, 0.25) is 0 Å². The Labute approximate surface area is 133 Å². The molecular weight excluding hydrogens is 274 g/mol. The quantitative estimate of drug-likeness (QED) is 0.679. The first-order valence-corrected chi connectivity index (χ1v) is 7.90. The Morgan fingerprint density at radius 1 is 0.864 bits per heavy atom. The van der Waals surface area contributed by atoms with Gasteiger partial charge in [0.1, 0.15) is 11.5 Å². The highest BCUT2D eigenvalue weighted by atomic mass is 16.5. The lowest BCUT2D eigenvalue weighted by Gasteiger charge is -2.08. The van der Waals surface area contributed by atoms with Crippen molar-refractivity contribution in [2.24, 2.45) is 0 Å². The maximum Gasteiger partial charge on any atom is 0.122 e. The summed E-state index contributed by atoms with van der Waals surface area (Å²) in [6.07, 6.45) is 3.26. The van der Waals surface area contributed by atoms with Crippen LogP contribution < -0.4 is 14.8 Å². The Balaban J connectivity index is 1.49. The molecule has 3 nitrogen and oxygen atoms in total. The summed E-state index contributed by atoms with van der Waals surface area (Å²) in [6.45, 7) is 2.81. The third-order valence-electron chi connectivity index (χ3n) is 3.49. The molecule has 1 N–H and O–H groups in total. The standard InChI is InChI=1S/C19H25NO2/c1-21-18-10-7-11-19(16-18)22-15-6-5-13-20-14-12-17-8-3-2-4-9-17/h2-4,7-11,16,20H,5-6,12-15H2,1H3. The number of nitrogens with one attached hydrogen (secondary N) is 1. The number of rotatable bonds is 10. The Hall–Kier alpha value is -2.00. The van der Waals surface area contributed by atoms with E-state index in [0.29, 0.717) is 0 Å². The highest BCUT2D eigenvalue weighted by Gasteiger charge is 1.97. The van der Waals surface area contributed by atoms with Crippen LogP contribution in [0.1, 0.15) is 18.4 Å². The monoisotopic (exact) mass is 299 g/mol. The van der Waals surface area contributed by atoms with Gasteiger partial charge in [0.25, 0.3) is 0 Å². The molecule has 0 fully saturated rings. The summed E-state index contributed by atoms with van der Waals surface area (Å²) in [7, 11) is 1.67. The molecule has 0 aliphatic carbocycles. The lowest BCUT2D eigenvalue weighted by molar-refractivity contribution is 0.303. The molecule has 0 atom stereocenters. The number of hydrogen-bond acceptors (Lipinski definition) is 3. The van der Waals surface area contributed by atoms with Gasteiger partial charge in [0.05, 0.1) is 13.7 Å². The molecule has 2 rings (SSSR count). The first-order chi connectivity index (χ1) is 10.9. The van der Waals surface area contributed by atoms with E-state index in [1.165, 1.54) is 5.56 Å². The van der Waals surface area contributed by atoms with Gasteiger partial charge >= 0.3 is 0 Å². The van der Waals surface area contributed by atoms with E-state index in [2.05, 4.69) is 35.6 Å². The van der Waals surface area contributed by atoms with Crippen molar-refractivity contribution in [3.63, 3.8) is 0 Å². The highest BCUT2D eigenvalue weighted by molar-refractivity contribution is 5.32. The lowest BCUT2D eigenvalue weighted by Crippen LogP contribution is -2.19. The van der Waals surface area contributed by atoms with E-state index in [9.17, 15) is 0 Å². The second-order valence-corrected chi connectivity index (χ2v) is 5.22. The first-order valence-electron chi connectivity index (χ1n) is 7.90. The highest BCUT2D eigenvalue weighted by Crippen LogP contribution is 2.18. The molecule has 0 unspecified atom stereocenters. The van der Waals surface area contributed by atoms with E-state index >= 15 is 0 Å². The van der Waals surface area contributed by atoms with Crippen LogP contribution >= 0.6 is 0 Å².